The summed E-state index contributed by atoms with van der Waals surface area (Å²) in [6.45, 7) is 2.96. The van der Waals surface area contributed by atoms with Gasteiger partial charge in [0.25, 0.3) is 0 Å². The van der Waals surface area contributed by atoms with Crippen molar-refractivity contribution in [3.05, 3.63) is 11.1 Å². The third-order valence-corrected chi connectivity index (χ3v) is 5.62. The van der Waals surface area contributed by atoms with Gasteiger partial charge in [-0.25, -0.2) is 4.98 Å². The number of aliphatic hydroxyl groups excluding tert-OH is 1. The van der Waals surface area contributed by atoms with Gasteiger partial charge in [0.2, 0.25) is 0 Å². The first-order valence-electron chi connectivity index (χ1n) is 7.16. The third kappa shape index (κ3) is 2.28. The summed E-state index contributed by atoms with van der Waals surface area (Å²) >= 11 is 1.67. The first kappa shape index (κ1) is 12.4. The third-order valence-electron chi connectivity index (χ3n) is 4.41. The van der Waals surface area contributed by atoms with E-state index in [1.807, 2.05) is 13.1 Å². The van der Waals surface area contributed by atoms with Crippen molar-refractivity contribution < 1.29 is 5.11 Å². The van der Waals surface area contributed by atoms with Gasteiger partial charge in [0.1, 0.15) is 0 Å². The Morgan fingerprint density at radius 1 is 1.33 bits per heavy atom. The molecule has 1 aromatic heterocycles. The van der Waals surface area contributed by atoms with Gasteiger partial charge in [-0.1, -0.05) is 24.2 Å². The smallest absolute Gasteiger partial charge is 0.185 e. The predicted molar refractivity (Wildman–Crippen MR) is 75.1 cm³/mol. The van der Waals surface area contributed by atoms with Crippen LogP contribution in [-0.2, 0) is 0 Å². The molecule has 3 nitrogen and oxygen atoms in total. The molecular weight excluding hydrogens is 244 g/mol. The van der Waals surface area contributed by atoms with Crippen molar-refractivity contribution in [3.8, 4) is 0 Å². The number of piperidine rings is 1. The fourth-order valence-electron chi connectivity index (χ4n) is 3.47. The average molecular weight is 266 g/mol. The summed E-state index contributed by atoms with van der Waals surface area (Å²) in [5.74, 6) is 0.881. The van der Waals surface area contributed by atoms with Gasteiger partial charge < -0.3 is 10.0 Å². The van der Waals surface area contributed by atoms with Crippen molar-refractivity contribution in [2.75, 3.05) is 11.4 Å². The molecule has 100 valence electrons. The van der Waals surface area contributed by atoms with Gasteiger partial charge in [-0.15, -0.1) is 0 Å². The zero-order valence-corrected chi connectivity index (χ0v) is 11.8. The highest BCUT2D eigenvalue weighted by Gasteiger charge is 2.34. The van der Waals surface area contributed by atoms with Gasteiger partial charge in [-0.3, -0.25) is 0 Å². The molecule has 1 saturated carbocycles. The molecule has 1 unspecified atom stereocenters. The van der Waals surface area contributed by atoms with Crippen molar-refractivity contribution >= 4 is 16.5 Å². The second kappa shape index (κ2) is 5.17. The summed E-state index contributed by atoms with van der Waals surface area (Å²) in [5.41, 5.74) is 0. The first-order chi connectivity index (χ1) is 8.75. The second-order valence-corrected chi connectivity index (χ2v) is 6.71. The summed E-state index contributed by atoms with van der Waals surface area (Å²) in [6, 6.07) is 0.709. The molecule has 2 aliphatic rings. The Morgan fingerprint density at radius 3 is 2.89 bits per heavy atom. The lowest BCUT2D eigenvalue weighted by molar-refractivity contribution is 0.203. The molecule has 3 rings (SSSR count). The minimum Gasteiger partial charge on any atom is -0.388 e. The number of hydrogen-bond donors (Lipinski definition) is 1. The molecule has 2 heterocycles. The van der Waals surface area contributed by atoms with Crippen molar-refractivity contribution in [1.82, 2.24) is 4.98 Å². The zero-order chi connectivity index (χ0) is 12.5. The van der Waals surface area contributed by atoms with Gasteiger partial charge >= 0.3 is 0 Å². The van der Waals surface area contributed by atoms with Gasteiger partial charge in [0.05, 0.1) is 11.0 Å². The van der Waals surface area contributed by atoms with Crippen LogP contribution in [0.2, 0.25) is 0 Å². The lowest BCUT2D eigenvalue weighted by Crippen LogP contribution is -2.46. The van der Waals surface area contributed by atoms with Crippen molar-refractivity contribution in [2.45, 2.75) is 57.6 Å². The van der Waals surface area contributed by atoms with E-state index >= 15 is 0 Å². The van der Waals surface area contributed by atoms with Crippen LogP contribution in [0.3, 0.4) is 0 Å². The Hall–Kier alpha value is -0.610. The van der Waals surface area contributed by atoms with Crippen molar-refractivity contribution in [1.29, 1.82) is 0 Å². The molecule has 1 N–H and O–H groups in total. The van der Waals surface area contributed by atoms with Crippen LogP contribution in [0.1, 0.15) is 56.4 Å². The topological polar surface area (TPSA) is 36.4 Å². The van der Waals surface area contributed by atoms with Crippen LogP contribution < -0.4 is 4.90 Å². The number of aliphatic hydroxyl groups is 1. The van der Waals surface area contributed by atoms with Crippen LogP contribution in [-0.4, -0.2) is 22.7 Å². The van der Waals surface area contributed by atoms with Gasteiger partial charge in [-0.2, -0.15) is 0 Å². The minimum absolute atomic E-state index is 0.386. The highest BCUT2D eigenvalue weighted by Crippen LogP contribution is 2.39. The lowest BCUT2D eigenvalue weighted by atomic mass is 9.78. The van der Waals surface area contributed by atoms with Gasteiger partial charge in [0, 0.05) is 18.8 Å². The molecule has 18 heavy (non-hydrogen) atoms. The number of thiazole rings is 1. The van der Waals surface area contributed by atoms with Crippen LogP contribution in [0.25, 0.3) is 0 Å². The molecule has 0 spiro atoms. The van der Waals surface area contributed by atoms with E-state index in [4.69, 9.17) is 0 Å². The van der Waals surface area contributed by atoms with Crippen molar-refractivity contribution in [3.63, 3.8) is 0 Å². The van der Waals surface area contributed by atoms with E-state index in [9.17, 15) is 5.11 Å². The van der Waals surface area contributed by atoms with Gasteiger partial charge in [-0.05, 0) is 38.5 Å². The van der Waals surface area contributed by atoms with E-state index in [-0.39, 0.29) is 6.10 Å². The summed E-state index contributed by atoms with van der Waals surface area (Å²) < 4.78 is 0. The number of fused-ring (bicyclic) bond motifs is 1. The fraction of sp³-hybridized carbons (Fsp3) is 0.786. The minimum atomic E-state index is -0.386. The normalized spacial score (nSPS) is 30.0. The summed E-state index contributed by atoms with van der Waals surface area (Å²) in [4.78, 5) is 8.04. The zero-order valence-electron chi connectivity index (χ0n) is 11.0. The summed E-state index contributed by atoms with van der Waals surface area (Å²) in [6.07, 6.45) is 9.66. The van der Waals surface area contributed by atoms with E-state index in [1.165, 1.54) is 38.5 Å². The standard InChI is InChI=1S/C14H22N2OS/c1-10(17)13-9-15-14(18-13)16-8-4-6-11-5-2-3-7-12(11)16/h9-12,17H,2-8H2,1H3/t10?,11-,12-/m1/s1. The van der Waals surface area contributed by atoms with E-state index in [0.717, 1.165) is 22.5 Å². The lowest BCUT2D eigenvalue weighted by Gasteiger charge is -2.44. The Kier molecular flexibility index (Phi) is 3.57. The molecular formula is C14H22N2OS. The molecule has 0 radical (unpaired) electrons. The molecule has 2 fully saturated rings. The highest BCUT2D eigenvalue weighted by atomic mass is 32.1. The van der Waals surface area contributed by atoms with Gasteiger partial charge in [0.15, 0.2) is 5.13 Å². The van der Waals surface area contributed by atoms with E-state index in [0.29, 0.717) is 6.04 Å². The molecule has 0 aromatic carbocycles. The molecule has 1 saturated heterocycles. The molecule has 4 heteroatoms. The molecule has 1 aromatic rings. The highest BCUT2D eigenvalue weighted by molar-refractivity contribution is 7.15. The number of nitrogens with zero attached hydrogens (tertiary/aromatic N) is 2. The molecule has 1 aliphatic carbocycles. The average Bonchev–Trinajstić information content (AvgIpc) is 2.87. The van der Waals surface area contributed by atoms with Crippen LogP contribution in [0, 0.1) is 5.92 Å². The van der Waals surface area contributed by atoms with E-state index in [2.05, 4.69) is 9.88 Å². The fourth-order valence-corrected chi connectivity index (χ4v) is 4.40. The Morgan fingerprint density at radius 2 is 2.11 bits per heavy atom. The van der Waals surface area contributed by atoms with Crippen LogP contribution in [0.4, 0.5) is 5.13 Å². The molecule has 0 amide bonds. The first-order valence-corrected chi connectivity index (χ1v) is 7.98. The molecule has 3 atom stereocenters. The predicted octanol–water partition coefficient (Wildman–Crippen LogP) is 3.36. The monoisotopic (exact) mass is 266 g/mol. The van der Waals surface area contributed by atoms with Crippen LogP contribution in [0.5, 0.6) is 0 Å². The number of rotatable bonds is 2. The maximum absolute atomic E-state index is 9.62. The Bertz CT molecular complexity index is 402. The SMILES string of the molecule is CC(O)c1cnc(N2CCC[C@H]3CCCC[C@H]32)s1. The second-order valence-electron chi connectivity index (χ2n) is 5.67. The Labute approximate surface area is 113 Å². The number of aromatic nitrogens is 1. The molecule has 0 bridgehead atoms. The van der Waals surface area contributed by atoms with Crippen LogP contribution >= 0.6 is 11.3 Å². The summed E-state index contributed by atoms with van der Waals surface area (Å²) in [5, 5.41) is 10.7. The number of anilines is 1. The summed E-state index contributed by atoms with van der Waals surface area (Å²) in [7, 11) is 0. The molecule has 1 aliphatic heterocycles. The van der Waals surface area contributed by atoms with E-state index in [1.54, 1.807) is 11.3 Å². The van der Waals surface area contributed by atoms with E-state index < -0.39 is 0 Å². The quantitative estimate of drug-likeness (QED) is 0.891. The number of hydrogen-bond acceptors (Lipinski definition) is 4. The van der Waals surface area contributed by atoms with Crippen LogP contribution in [0.15, 0.2) is 6.20 Å². The maximum atomic E-state index is 9.62. The Balaban J connectivity index is 1.80. The van der Waals surface area contributed by atoms with Crippen molar-refractivity contribution in [2.24, 2.45) is 5.92 Å². The maximum Gasteiger partial charge on any atom is 0.185 e. The largest absolute Gasteiger partial charge is 0.388 e.